The Morgan fingerprint density at radius 1 is 0.312 bits per heavy atom. The maximum atomic E-state index is 11.0. The second-order valence-corrected chi connectivity index (χ2v) is 12.0. The van der Waals surface area contributed by atoms with Crippen LogP contribution >= 0.6 is 0 Å². The first kappa shape index (κ1) is 27.6. The molecule has 0 saturated carbocycles. The van der Waals surface area contributed by atoms with E-state index in [1.165, 1.54) is 10.8 Å². The van der Waals surface area contributed by atoms with Crippen LogP contribution in [0.1, 0.15) is 0 Å². The smallest absolute Gasteiger partial charge is 0.208 e. The third-order valence-corrected chi connectivity index (χ3v) is 9.39. The fourth-order valence-electron chi connectivity index (χ4n) is 7.11. The molecule has 0 unspecified atom stereocenters. The second-order valence-electron chi connectivity index (χ2n) is 12.0. The fraction of sp³-hybridized carbons (Fsp3) is 0. The number of furan rings is 1. The van der Waals surface area contributed by atoms with Crippen molar-refractivity contribution in [1.29, 1.82) is 0 Å². The summed E-state index contributed by atoms with van der Waals surface area (Å²) in [6, 6.07) is 42.4. The lowest BCUT2D eigenvalue weighted by Gasteiger charge is -2.20. The number of benzene rings is 8. The van der Waals surface area contributed by atoms with Crippen LogP contribution in [0.3, 0.4) is 0 Å². The van der Waals surface area contributed by atoms with Crippen LogP contribution in [0.2, 0.25) is 0 Å². The Morgan fingerprint density at radius 3 is 1.35 bits per heavy atom. The van der Waals surface area contributed by atoms with E-state index in [4.69, 9.17) is 4.42 Å². The number of phenolic OH excluding ortho intramolecular Hbond substituents is 5. The van der Waals surface area contributed by atoms with Crippen molar-refractivity contribution in [3.8, 4) is 62.1 Å². The predicted molar refractivity (Wildman–Crippen MR) is 191 cm³/mol. The molecule has 8 aromatic carbocycles. The Morgan fingerprint density at radius 2 is 0.750 bits per heavy atom. The SMILES string of the molecule is Oc1c(O)c(O)c(-c2c3ccccc3c(-c3ccc4oc5ccc(-c6ccc7ccccc7c6)cc5c4c3)c3ccccc23)c(O)c1O. The highest BCUT2D eigenvalue weighted by molar-refractivity contribution is 6.23. The standard InChI is InChI=1S/C42H26O6/c43-38-37(39(44)41(46)42(47)40(38)45)36-29-11-5-3-9-27(29)35(28-10-4-6-12-30(28)36)26-16-18-34-32(21-26)31-20-25(15-17-33(31)48-34)24-14-13-22-7-1-2-8-23(22)19-24/h1-21,43-47H. The van der Waals surface area contributed by atoms with Crippen LogP contribution in [0.4, 0.5) is 0 Å². The topological polar surface area (TPSA) is 114 Å². The molecular formula is C42H26O6. The van der Waals surface area contributed by atoms with E-state index in [0.29, 0.717) is 16.3 Å². The fourth-order valence-corrected chi connectivity index (χ4v) is 7.11. The van der Waals surface area contributed by atoms with Crippen molar-refractivity contribution in [2.45, 2.75) is 0 Å². The Hall–Kier alpha value is -6.66. The molecule has 0 spiro atoms. The van der Waals surface area contributed by atoms with Crippen LogP contribution in [0.25, 0.3) is 87.6 Å². The van der Waals surface area contributed by atoms with Gasteiger partial charge >= 0.3 is 0 Å². The van der Waals surface area contributed by atoms with Crippen molar-refractivity contribution < 1.29 is 29.9 Å². The first-order chi connectivity index (χ1) is 23.4. The third kappa shape index (κ3) is 3.93. The van der Waals surface area contributed by atoms with Crippen molar-refractivity contribution in [3.05, 3.63) is 127 Å². The van der Waals surface area contributed by atoms with Crippen molar-refractivity contribution in [3.63, 3.8) is 0 Å². The lowest BCUT2D eigenvalue weighted by molar-refractivity contribution is 0.330. The van der Waals surface area contributed by atoms with Gasteiger partial charge in [0.2, 0.25) is 17.2 Å². The highest BCUT2D eigenvalue weighted by Gasteiger charge is 2.28. The first-order valence-electron chi connectivity index (χ1n) is 15.5. The zero-order valence-electron chi connectivity index (χ0n) is 25.3. The average molecular weight is 627 g/mol. The zero-order valence-corrected chi connectivity index (χ0v) is 25.3. The largest absolute Gasteiger partial charge is 0.504 e. The van der Waals surface area contributed by atoms with Crippen molar-refractivity contribution in [1.82, 2.24) is 0 Å². The van der Waals surface area contributed by atoms with E-state index >= 15 is 0 Å². The van der Waals surface area contributed by atoms with E-state index in [9.17, 15) is 25.5 Å². The van der Waals surface area contributed by atoms with Crippen LogP contribution in [0, 0.1) is 0 Å². The molecule has 6 heteroatoms. The molecule has 5 N–H and O–H groups in total. The van der Waals surface area contributed by atoms with Gasteiger partial charge in [-0.1, -0.05) is 97.1 Å². The summed E-state index contributed by atoms with van der Waals surface area (Å²) >= 11 is 0. The van der Waals surface area contributed by atoms with E-state index in [1.807, 2.05) is 78.9 Å². The lowest BCUT2D eigenvalue weighted by Crippen LogP contribution is -1.92. The summed E-state index contributed by atoms with van der Waals surface area (Å²) in [5.74, 6) is -4.31. The van der Waals surface area contributed by atoms with Gasteiger partial charge in [0.1, 0.15) is 11.2 Å². The van der Waals surface area contributed by atoms with Gasteiger partial charge in [0.25, 0.3) is 0 Å². The summed E-state index contributed by atoms with van der Waals surface area (Å²) in [4.78, 5) is 0. The average Bonchev–Trinajstić information content (AvgIpc) is 3.50. The molecule has 1 aromatic heterocycles. The van der Waals surface area contributed by atoms with Gasteiger partial charge < -0.3 is 29.9 Å². The molecule has 48 heavy (non-hydrogen) atoms. The minimum absolute atomic E-state index is 0.181. The number of phenols is 5. The van der Waals surface area contributed by atoms with Crippen molar-refractivity contribution >= 4 is 54.3 Å². The lowest BCUT2D eigenvalue weighted by atomic mass is 9.85. The Bertz CT molecular complexity index is 2710. The van der Waals surface area contributed by atoms with Crippen molar-refractivity contribution in [2.75, 3.05) is 0 Å². The summed E-state index contributed by atoms with van der Waals surface area (Å²) in [6.07, 6.45) is 0. The second kappa shape index (κ2) is 10.2. The van der Waals surface area contributed by atoms with Crippen LogP contribution < -0.4 is 0 Å². The molecule has 0 bridgehead atoms. The van der Waals surface area contributed by atoms with Crippen molar-refractivity contribution in [2.24, 2.45) is 0 Å². The van der Waals surface area contributed by atoms with Gasteiger partial charge in [0.05, 0.1) is 5.56 Å². The molecule has 0 amide bonds. The van der Waals surface area contributed by atoms with Gasteiger partial charge in [-0.3, -0.25) is 0 Å². The van der Waals surface area contributed by atoms with E-state index in [0.717, 1.165) is 55.0 Å². The molecule has 1 heterocycles. The molecule has 9 rings (SSSR count). The predicted octanol–water partition coefficient (Wildman–Crippen LogP) is 10.6. The minimum atomic E-state index is -0.997. The number of hydrogen-bond donors (Lipinski definition) is 5. The third-order valence-electron chi connectivity index (χ3n) is 9.39. The van der Waals surface area contributed by atoms with E-state index in [-0.39, 0.29) is 5.56 Å². The molecular weight excluding hydrogens is 600 g/mol. The highest BCUT2D eigenvalue weighted by Crippen LogP contribution is 2.57. The number of rotatable bonds is 3. The summed E-state index contributed by atoms with van der Waals surface area (Å²) in [7, 11) is 0. The summed E-state index contributed by atoms with van der Waals surface area (Å²) in [5.41, 5.74) is 5.84. The Kier molecular flexibility index (Phi) is 5.86. The van der Waals surface area contributed by atoms with Crippen LogP contribution in [-0.4, -0.2) is 25.5 Å². The van der Waals surface area contributed by atoms with E-state index < -0.39 is 28.7 Å². The van der Waals surface area contributed by atoms with Crippen LogP contribution in [0.15, 0.2) is 132 Å². The van der Waals surface area contributed by atoms with Crippen LogP contribution in [-0.2, 0) is 0 Å². The molecule has 0 fully saturated rings. The molecule has 0 aliphatic heterocycles. The van der Waals surface area contributed by atoms with Gasteiger partial charge in [-0.05, 0) is 84.9 Å². The minimum Gasteiger partial charge on any atom is -0.504 e. The molecule has 0 aliphatic carbocycles. The molecule has 0 radical (unpaired) electrons. The Labute approximate surface area is 273 Å². The number of aromatic hydroxyl groups is 5. The normalized spacial score (nSPS) is 11.8. The molecule has 0 atom stereocenters. The maximum Gasteiger partial charge on any atom is 0.208 e. The van der Waals surface area contributed by atoms with Gasteiger partial charge in [-0.25, -0.2) is 0 Å². The molecule has 6 nitrogen and oxygen atoms in total. The summed E-state index contributed by atoms with van der Waals surface area (Å²) in [5, 5.41) is 60.3. The molecule has 0 saturated heterocycles. The first-order valence-corrected chi connectivity index (χ1v) is 15.5. The van der Waals surface area contributed by atoms with Gasteiger partial charge in [0, 0.05) is 16.3 Å². The molecule has 230 valence electrons. The quantitative estimate of drug-likeness (QED) is 0.0757. The highest BCUT2D eigenvalue weighted by atomic mass is 16.4. The van der Waals surface area contributed by atoms with Gasteiger partial charge in [-0.15, -0.1) is 0 Å². The van der Waals surface area contributed by atoms with Gasteiger partial charge in [-0.2, -0.15) is 0 Å². The number of hydrogen-bond acceptors (Lipinski definition) is 6. The summed E-state index contributed by atoms with van der Waals surface area (Å²) in [6.45, 7) is 0. The van der Waals surface area contributed by atoms with Gasteiger partial charge in [0.15, 0.2) is 11.5 Å². The Balaban J connectivity index is 1.31. The van der Waals surface area contributed by atoms with Crippen LogP contribution in [0.5, 0.6) is 28.7 Å². The van der Waals surface area contributed by atoms with E-state index in [2.05, 4.69) is 48.5 Å². The summed E-state index contributed by atoms with van der Waals surface area (Å²) < 4.78 is 6.29. The monoisotopic (exact) mass is 626 g/mol. The zero-order chi connectivity index (χ0) is 32.7. The van der Waals surface area contributed by atoms with E-state index in [1.54, 1.807) is 0 Å². The molecule has 9 aromatic rings. The molecule has 0 aliphatic rings. The number of fused-ring (bicyclic) bond motifs is 6. The maximum absolute atomic E-state index is 11.0.